The molecule has 0 saturated heterocycles. The summed E-state index contributed by atoms with van der Waals surface area (Å²) in [6.45, 7) is 6.13. The number of anilines is 2. The number of nitrogens with one attached hydrogen (secondary N) is 3. The number of benzene rings is 4. The molecule has 10 nitrogen and oxygen atoms in total. The fraction of sp³-hybridized carbons (Fsp3) is 0.289. The van der Waals surface area contributed by atoms with Crippen LogP contribution in [0.25, 0.3) is 0 Å². The van der Waals surface area contributed by atoms with Crippen LogP contribution in [0.1, 0.15) is 60.2 Å². The molecule has 0 heterocycles. The van der Waals surface area contributed by atoms with E-state index in [0.717, 1.165) is 62.9 Å². The van der Waals surface area contributed by atoms with Crippen LogP contribution in [0.5, 0.6) is 11.5 Å². The minimum atomic E-state index is -1.11. The van der Waals surface area contributed by atoms with E-state index in [9.17, 15) is 14.4 Å². The zero-order valence-electron chi connectivity index (χ0n) is 29.3. The number of amides is 1. The molecule has 4 aromatic rings. The Morgan fingerprint density at radius 1 is 0.630 bits per heavy atom. The Morgan fingerprint density at radius 2 is 1.07 bits per heavy atom. The first-order valence-corrected chi connectivity index (χ1v) is 20.6. The molecule has 0 bridgehead atoms. The summed E-state index contributed by atoms with van der Waals surface area (Å²) in [5, 5.41) is 27.7. The van der Waals surface area contributed by atoms with E-state index < -0.39 is 24.4 Å². The van der Waals surface area contributed by atoms with Gasteiger partial charge >= 0.3 is 11.9 Å². The number of carbonyl (C=O) groups excluding carboxylic acids is 1. The highest BCUT2D eigenvalue weighted by atomic mass is 79.9. The Morgan fingerprint density at radius 3 is 1.48 bits per heavy atom. The number of ether oxygens (including phenoxy) is 2. The van der Waals surface area contributed by atoms with Crippen molar-refractivity contribution in [2.24, 2.45) is 0 Å². The monoisotopic (exact) mass is 1030 g/mol. The number of carboxylic acids is 2. The SMILES string of the molecule is CCCNc1cc(Cl)cc(COc2c(Br)cc(C(=O)NCC(=O)O)cc2Br)c1.CCCNc1cc(Cl)cc(COc2c(Br)cc(CCC(=O)O)cc2Br)c1. The van der Waals surface area contributed by atoms with Crippen molar-refractivity contribution in [3.05, 3.63) is 111 Å². The first kappa shape index (κ1) is 45.4. The van der Waals surface area contributed by atoms with Crippen LogP contribution >= 0.6 is 86.9 Å². The van der Waals surface area contributed by atoms with Crippen molar-refractivity contribution in [3.8, 4) is 11.5 Å². The van der Waals surface area contributed by atoms with E-state index in [1.165, 1.54) is 0 Å². The molecule has 16 heteroatoms. The molecule has 0 atom stereocenters. The zero-order chi connectivity index (χ0) is 39.8. The fourth-order valence-electron chi connectivity index (χ4n) is 4.75. The van der Waals surface area contributed by atoms with Crippen molar-refractivity contribution in [2.45, 2.75) is 52.7 Å². The quantitative estimate of drug-likeness (QED) is 0.0657. The van der Waals surface area contributed by atoms with Gasteiger partial charge in [-0.25, -0.2) is 0 Å². The van der Waals surface area contributed by atoms with Gasteiger partial charge in [-0.2, -0.15) is 0 Å². The highest BCUT2D eigenvalue weighted by Gasteiger charge is 2.15. The number of aliphatic carboxylic acids is 2. The van der Waals surface area contributed by atoms with E-state index in [0.29, 0.717) is 49.1 Å². The lowest BCUT2D eigenvalue weighted by atomic mass is 10.1. The number of aryl methyl sites for hydroxylation is 1. The number of carbonyl (C=O) groups is 3. The van der Waals surface area contributed by atoms with Crippen molar-refractivity contribution in [1.82, 2.24) is 5.32 Å². The molecule has 4 aromatic carbocycles. The van der Waals surface area contributed by atoms with Crippen molar-refractivity contribution in [1.29, 1.82) is 0 Å². The summed E-state index contributed by atoms with van der Waals surface area (Å²) in [6.07, 6.45) is 2.60. The van der Waals surface area contributed by atoms with Crippen LogP contribution in [0, 0.1) is 0 Å². The summed E-state index contributed by atoms with van der Waals surface area (Å²) < 4.78 is 14.5. The minimum Gasteiger partial charge on any atom is -0.487 e. The normalized spacial score (nSPS) is 10.5. The first-order valence-electron chi connectivity index (χ1n) is 16.7. The maximum atomic E-state index is 12.0. The number of halogens is 6. The van der Waals surface area contributed by atoms with Gasteiger partial charge in [0.2, 0.25) is 0 Å². The smallest absolute Gasteiger partial charge is 0.322 e. The molecule has 0 radical (unpaired) electrons. The molecule has 0 aromatic heterocycles. The van der Waals surface area contributed by atoms with Crippen LogP contribution in [-0.2, 0) is 29.2 Å². The molecule has 0 aliphatic heterocycles. The van der Waals surface area contributed by atoms with Gasteiger partial charge in [-0.05, 0) is 160 Å². The molecule has 1 amide bonds. The van der Waals surface area contributed by atoms with Gasteiger partial charge in [-0.1, -0.05) is 37.0 Å². The Labute approximate surface area is 358 Å². The number of hydrogen-bond donors (Lipinski definition) is 5. The fourth-order valence-corrected chi connectivity index (χ4v) is 8.19. The van der Waals surface area contributed by atoms with Crippen LogP contribution in [-0.4, -0.2) is 47.7 Å². The van der Waals surface area contributed by atoms with E-state index in [1.54, 1.807) is 12.1 Å². The second-order valence-electron chi connectivity index (χ2n) is 11.8. The Hall–Kier alpha value is -3.01. The molecule has 0 fully saturated rings. The largest absolute Gasteiger partial charge is 0.487 e. The number of rotatable bonds is 18. The summed E-state index contributed by atoms with van der Waals surface area (Å²) >= 11 is 26.2. The van der Waals surface area contributed by atoms with E-state index in [2.05, 4.69) is 93.5 Å². The van der Waals surface area contributed by atoms with Crippen LogP contribution in [0.2, 0.25) is 10.0 Å². The predicted octanol–water partition coefficient (Wildman–Crippen LogP) is 11.4. The lowest BCUT2D eigenvalue weighted by Gasteiger charge is -2.14. The highest BCUT2D eigenvalue weighted by Crippen LogP contribution is 2.37. The molecular formula is C38H39Br4Cl2N3O7. The summed E-state index contributed by atoms with van der Waals surface area (Å²) in [5.74, 6) is -1.21. The van der Waals surface area contributed by atoms with Crippen molar-refractivity contribution < 1.29 is 34.1 Å². The molecule has 290 valence electrons. The molecule has 54 heavy (non-hydrogen) atoms. The average Bonchev–Trinajstić information content (AvgIpc) is 3.10. The molecule has 0 unspecified atom stereocenters. The Balaban J connectivity index is 0.000000291. The summed E-state index contributed by atoms with van der Waals surface area (Å²) in [5.41, 5.74) is 4.99. The number of carboxylic acid groups (broad SMARTS) is 2. The van der Waals surface area contributed by atoms with E-state index >= 15 is 0 Å². The molecule has 0 aliphatic rings. The van der Waals surface area contributed by atoms with Gasteiger partial charge in [0.05, 0.1) is 17.9 Å². The van der Waals surface area contributed by atoms with Gasteiger partial charge in [0, 0.05) is 46.5 Å². The number of hydrogen-bond acceptors (Lipinski definition) is 7. The van der Waals surface area contributed by atoms with Gasteiger partial charge in [-0.3, -0.25) is 14.4 Å². The standard InChI is InChI=1S/C19H19Br2ClN2O4.C19H20Br2ClNO3/c1-2-3-23-14-5-11(4-13(22)8-14)10-28-18-15(20)6-12(7-16(18)21)19(27)24-9-17(25)26;1-2-5-23-15-7-13(6-14(22)10-15)11-26-19-16(20)8-12(9-17(19)21)3-4-18(24)25/h4-8,23H,2-3,9-10H2,1H3,(H,24,27)(H,25,26);6-10,23H,2-5,11H2,1H3,(H,24,25). The van der Waals surface area contributed by atoms with E-state index in [1.807, 2.05) is 48.5 Å². The van der Waals surface area contributed by atoms with Crippen molar-refractivity contribution >= 4 is 116 Å². The Bertz CT molecular complexity index is 1890. The molecule has 0 aliphatic carbocycles. The van der Waals surface area contributed by atoms with Gasteiger partial charge in [0.25, 0.3) is 5.91 Å². The first-order chi connectivity index (χ1) is 25.7. The second-order valence-corrected chi connectivity index (χ2v) is 16.0. The molecule has 0 saturated carbocycles. The van der Waals surface area contributed by atoms with Crippen LogP contribution < -0.4 is 25.4 Å². The Kier molecular flexibility index (Phi) is 19.5. The van der Waals surface area contributed by atoms with Gasteiger partial charge in [-0.15, -0.1) is 0 Å². The summed E-state index contributed by atoms with van der Waals surface area (Å²) in [6, 6.07) is 18.4. The van der Waals surface area contributed by atoms with Gasteiger partial charge in [0.1, 0.15) is 31.3 Å². The van der Waals surface area contributed by atoms with Crippen LogP contribution in [0.15, 0.2) is 78.6 Å². The molecule has 0 spiro atoms. The van der Waals surface area contributed by atoms with Crippen LogP contribution in [0.4, 0.5) is 11.4 Å². The highest BCUT2D eigenvalue weighted by molar-refractivity contribution is 9.11. The van der Waals surface area contributed by atoms with Crippen LogP contribution in [0.3, 0.4) is 0 Å². The third-order valence-electron chi connectivity index (χ3n) is 7.19. The molecular weight excluding hydrogens is 1000 g/mol. The zero-order valence-corrected chi connectivity index (χ0v) is 37.2. The lowest BCUT2D eigenvalue weighted by Crippen LogP contribution is -2.29. The maximum Gasteiger partial charge on any atom is 0.322 e. The lowest BCUT2D eigenvalue weighted by molar-refractivity contribution is -0.137. The summed E-state index contributed by atoms with van der Waals surface area (Å²) in [7, 11) is 0. The van der Waals surface area contributed by atoms with Gasteiger partial charge < -0.3 is 35.6 Å². The van der Waals surface area contributed by atoms with Crippen molar-refractivity contribution in [2.75, 3.05) is 30.3 Å². The second kappa shape index (κ2) is 23.2. The predicted molar refractivity (Wildman–Crippen MR) is 229 cm³/mol. The molecule has 5 N–H and O–H groups in total. The summed E-state index contributed by atoms with van der Waals surface area (Å²) in [4.78, 5) is 33.3. The minimum absolute atomic E-state index is 0.0924. The topological polar surface area (TPSA) is 146 Å². The van der Waals surface area contributed by atoms with E-state index in [-0.39, 0.29) is 13.0 Å². The third kappa shape index (κ3) is 15.6. The van der Waals surface area contributed by atoms with Crippen molar-refractivity contribution in [3.63, 3.8) is 0 Å². The molecule has 4 rings (SSSR count). The van der Waals surface area contributed by atoms with E-state index in [4.69, 9.17) is 42.9 Å². The third-order valence-corrected chi connectivity index (χ3v) is 9.98. The van der Waals surface area contributed by atoms with Gasteiger partial charge in [0.15, 0.2) is 0 Å². The maximum absolute atomic E-state index is 12.0. The average molecular weight is 1040 g/mol.